The molecule has 0 radical (unpaired) electrons. The van der Waals surface area contributed by atoms with Crippen molar-refractivity contribution in [2.24, 2.45) is 11.8 Å². The van der Waals surface area contributed by atoms with Gasteiger partial charge < -0.3 is 4.74 Å². The van der Waals surface area contributed by atoms with Crippen molar-refractivity contribution >= 4 is 52.3 Å². The molecule has 2 aliphatic heterocycles. The van der Waals surface area contributed by atoms with Crippen LogP contribution >= 0.6 is 23.2 Å². The number of ether oxygens (including phenoxy) is 1. The number of amides is 2. The summed E-state index contributed by atoms with van der Waals surface area (Å²) in [4.78, 5) is 55.8. The third-order valence-electron chi connectivity index (χ3n) is 6.88. The zero-order chi connectivity index (χ0) is 24.6. The molecule has 0 N–H and O–H groups in total. The molecule has 0 aromatic heterocycles. The van der Waals surface area contributed by atoms with E-state index in [0.29, 0.717) is 5.56 Å². The van der Waals surface area contributed by atoms with Gasteiger partial charge in [-0.05, 0) is 35.9 Å². The SMILES string of the molecule is O=C1C2C(c3ccc(F)cc3)OC3(C(=O)c4ccccc4C3=O)C2C(=O)N1c1ccc(Cl)c(Cl)c1. The summed E-state index contributed by atoms with van der Waals surface area (Å²) >= 11 is 12.1. The topological polar surface area (TPSA) is 80.8 Å². The summed E-state index contributed by atoms with van der Waals surface area (Å²) in [6.45, 7) is 0. The lowest BCUT2D eigenvalue weighted by Gasteiger charge is -2.27. The molecule has 6 nitrogen and oxygen atoms in total. The van der Waals surface area contributed by atoms with Gasteiger partial charge in [-0.15, -0.1) is 0 Å². The van der Waals surface area contributed by atoms with Crippen LogP contribution in [0.2, 0.25) is 10.0 Å². The number of hydrogen-bond acceptors (Lipinski definition) is 5. The van der Waals surface area contributed by atoms with Crippen molar-refractivity contribution in [1.82, 2.24) is 0 Å². The number of carbonyl (C=O) groups is 4. The number of anilines is 1. The van der Waals surface area contributed by atoms with Crippen LogP contribution in [0, 0.1) is 17.7 Å². The molecule has 3 unspecified atom stereocenters. The average Bonchev–Trinajstić information content (AvgIpc) is 3.41. The van der Waals surface area contributed by atoms with E-state index in [2.05, 4.69) is 0 Å². The third-order valence-corrected chi connectivity index (χ3v) is 7.62. The number of hydrogen-bond donors (Lipinski definition) is 0. The number of rotatable bonds is 2. The van der Waals surface area contributed by atoms with E-state index >= 15 is 0 Å². The number of fused-ring (bicyclic) bond motifs is 3. The molecule has 1 spiro atoms. The molecule has 3 aliphatic rings. The molecule has 35 heavy (non-hydrogen) atoms. The predicted octanol–water partition coefficient (Wildman–Crippen LogP) is 4.83. The minimum absolute atomic E-state index is 0.128. The summed E-state index contributed by atoms with van der Waals surface area (Å²) < 4.78 is 19.8. The maximum absolute atomic E-state index is 13.8. The van der Waals surface area contributed by atoms with E-state index < -0.39 is 52.7 Å². The molecular weight excluding hydrogens is 496 g/mol. The van der Waals surface area contributed by atoms with Crippen LogP contribution in [0.15, 0.2) is 66.7 Å². The van der Waals surface area contributed by atoms with Gasteiger partial charge >= 0.3 is 0 Å². The average molecular weight is 510 g/mol. The van der Waals surface area contributed by atoms with Gasteiger partial charge in [-0.3, -0.25) is 19.2 Å². The monoisotopic (exact) mass is 509 g/mol. The van der Waals surface area contributed by atoms with Crippen LogP contribution in [0.25, 0.3) is 0 Å². The van der Waals surface area contributed by atoms with Gasteiger partial charge in [0.05, 0.1) is 33.7 Å². The van der Waals surface area contributed by atoms with Crippen molar-refractivity contribution in [1.29, 1.82) is 0 Å². The van der Waals surface area contributed by atoms with E-state index in [1.807, 2.05) is 0 Å². The summed E-state index contributed by atoms with van der Waals surface area (Å²) in [6, 6.07) is 15.7. The highest BCUT2D eigenvalue weighted by Crippen LogP contribution is 2.57. The van der Waals surface area contributed by atoms with E-state index in [1.54, 1.807) is 12.1 Å². The quantitative estimate of drug-likeness (QED) is 0.365. The Morgan fingerprint density at radius 1 is 0.800 bits per heavy atom. The molecule has 3 aromatic carbocycles. The summed E-state index contributed by atoms with van der Waals surface area (Å²) in [7, 11) is 0. The molecule has 1 aliphatic carbocycles. The highest BCUT2D eigenvalue weighted by atomic mass is 35.5. The molecule has 0 saturated carbocycles. The number of carbonyl (C=O) groups excluding carboxylic acids is 4. The molecule has 2 fully saturated rings. The molecule has 3 aromatic rings. The second-order valence-electron chi connectivity index (χ2n) is 8.64. The Kier molecular flexibility index (Phi) is 4.77. The van der Waals surface area contributed by atoms with Crippen molar-refractivity contribution in [3.8, 4) is 0 Å². The first-order valence-corrected chi connectivity index (χ1v) is 11.5. The highest BCUT2D eigenvalue weighted by Gasteiger charge is 2.74. The molecule has 3 atom stereocenters. The van der Waals surface area contributed by atoms with Crippen LogP contribution < -0.4 is 4.90 Å². The predicted molar refractivity (Wildman–Crippen MR) is 124 cm³/mol. The normalized spacial score (nSPS) is 24.4. The Balaban J connectivity index is 1.54. The summed E-state index contributed by atoms with van der Waals surface area (Å²) in [5.74, 6) is -5.86. The largest absolute Gasteiger partial charge is 0.349 e. The number of Topliss-reactive ketones (excluding diaryl/α,β-unsaturated/α-hetero) is 2. The Morgan fingerprint density at radius 3 is 2.03 bits per heavy atom. The zero-order valence-electron chi connectivity index (χ0n) is 17.7. The fourth-order valence-corrected chi connectivity index (χ4v) is 5.64. The van der Waals surface area contributed by atoms with Crippen molar-refractivity contribution < 1.29 is 28.3 Å². The van der Waals surface area contributed by atoms with E-state index in [-0.39, 0.29) is 26.9 Å². The molecular formula is C26H14Cl2FNO5. The Labute approximate surface area is 208 Å². The number of halogens is 3. The second kappa shape index (κ2) is 7.55. The van der Waals surface area contributed by atoms with E-state index in [1.165, 1.54) is 54.6 Å². The minimum Gasteiger partial charge on any atom is -0.349 e. The van der Waals surface area contributed by atoms with Gasteiger partial charge in [0.15, 0.2) is 0 Å². The molecule has 0 bridgehead atoms. The lowest BCUT2D eigenvalue weighted by atomic mass is 9.77. The summed E-state index contributed by atoms with van der Waals surface area (Å²) in [5, 5.41) is 0.360. The summed E-state index contributed by atoms with van der Waals surface area (Å²) in [6.07, 6.45) is -1.13. The Hall–Kier alpha value is -3.39. The Bertz CT molecular complexity index is 1440. The Morgan fingerprint density at radius 2 is 1.43 bits per heavy atom. The molecule has 2 amide bonds. The van der Waals surface area contributed by atoms with Gasteiger partial charge in [-0.2, -0.15) is 0 Å². The van der Waals surface area contributed by atoms with Gasteiger partial charge in [-0.25, -0.2) is 9.29 Å². The number of imide groups is 1. The van der Waals surface area contributed by atoms with Crippen LogP contribution in [0.1, 0.15) is 32.4 Å². The number of benzene rings is 3. The van der Waals surface area contributed by atoms with Crippen molar-refractivity contribution in [2.75, 3.05) is 4.90 Å². The van der Waals surface area contributed by atoms with Crippen LogP contribution in [-0.4, -0.2) is 29.0 Å². The highest BCUT2D eigenvalue weighted by molar-refractivity contribution is 6.42. The number of ketones is 2. The maximum atomic E-state index is 13.8. The van der Waals surface area contributed by atoms with E-state index in [0.717, 1.165) is 4.90 Å². The maximum Gasteiger partial charge on any atom is 0.241 e. The van der Waals surface area contributed by atoms with Crippen molar-refractivity contribution in [3.05, 3.63) is 99.3 Å². The van der Waals surface area contributed by atoms with Crippen molar-refractivity contribution in [2.45, 2.75) is 11.7 Å². The lowest BCUT2D eigenvalue weighted by molar-refractivity contribution is -0.127. The standard InChI is InChI=1S/C26H14Cl2FNO5/c27-17-10-9-14(11-18(17)28)30-24(33)19-20(25(30)34)26(35-21(19)12-5-7-13(29)8-6-12)22(31)15-3-1-2-4-16(15)23(26)32/h1-11,19-21H. The van der Waals surface area contributed by atoms with Crippen LogP contribution in [-0.2, 0) is 14.3 Å². The number of nitrogens with zero attached hydrogens (tertiary/aromatic N) is 1. The first-order valence-electron chi connectivity index (χ1n) is 10.7. The molecule has 2 saturated heterocycles. The molecule has 174 valence electrons. The molecule has 6 rings (SSSR count). The lowest BCUT2D eigenvalue weighted by Crippen LogP contribution is -2.51. The molecule has 2 heterocycles. The second-order valence-corrected chi connectivity index (χ2v) is 9.46. The zero-order valence-corrected chi connectivity index (χ0v) is 19.2. The van der Waals surface area contributed by atoms with Gasteiger partial charge in [0.2, 0.25) is 29.0 Å². The molecule has 9 heteroatoms. The third kappa shape index (κ3) is 2.86. The van der Waals surface area contributed by atoms with Gasteiger partial charge in [0.1, 0.15) is 5.82 Å². The van der Waals surface area contributed by atoms with Crippen LogP contribution in [0.3, 0.4) is 0 Å². The van der Waals surface area contributed by atoms with E-state index in [4.69, 9.17) is 27.9 Å². The van der Waals surface area contributed by atoms with Gasteiger partial charge in [0, 0.05) is 11.1 Å². The fourth-order valence-electron chi connectivity index (χ4n) is 5.35. The van der Waals surface area contributed by atoms with Gasteiger partial charge in [-0.1, -0.05) is 59.6 Å². The van der Waals surface area contributed by atoms with Crippen molar-refractivity contribution in [3.63, 3.8) is 0 Å². The smallest absolute Gasteiger partial charge is 0.241 e. The van der Waals surface area contributed by atoms with Crippen LogP contribution in [0.5, 0.6) is 0 Å². The minimum atomic E-state index is -2.20. The first kappa shape index (κ1) is 22.1. The van der Waals surface area contributed by atoms with E-state index in [9.17, 15) is 23.6 Å². The van der Waals surface area contributed by atoms with Crippen LogP contribution in [0.4, 0.5) is 10.1 Å². The fraction of sp³-hybridized carbons (Fsp3) is 0.154. The van der Waals surface area contributed by atoms with Gasteiger partial charge in [0.25, 0.3) is 0 Å². The first-order chi connectivity index (χ1) is 16.8. The summed E-state index contributed by atoms with van der Waals surface area (Å²) in [5.41, 5.74) is -1.42.